The Labute approximate surface area is 93.4 Å². The second kappa shape index (κ2) is 4.41. The molecule has 1 aromatic carbocycles. The van der Waals surface area contributed by atoms with Crippen molar-refractivity contribution in [2.24, 2.45) is 0 Å². The SMILES string of the molecule is Cc1cc(Cc2ccccc2)sc1C=O. The first-order valence-electron chi connectivity index (χ1n) is 4.88. The van der Waals surface area contributed by atoms with Crippen LogP contribution in [0.3, 0.4) is 0 Å². The molecule has 2 heteroatoms. The van der Waals surface area contributed by atoms with Crippen molar-refractivity contribution in [1.29, 1.82) is 0 Å². The number of carbonyl (C=O) groups excluding carboxylic acids is 1. The van der Waals surface area contributed by atoms with Crippen molar-refractivity contribution in [3.63, 3.8) is 0 Å². The van der Waals surface area contributed by atoms with E-state index in [1.54, 1.807) is 11.3 Å². The van der Waals surface area contributed by atoms with E-state index in [4.69, 9.17) is 0 Å². The fourth-order valence-corrected chi connectivity index (χ4v) is 2.59. The van der Waals surface area contributed by atoms with Gasteiger partial charge in [0.15, 0.2) is 6.29 Å². The molecule has 0 fully saturated rings. The Morgan fingerprint density at radius 1 is 1.27 bits per heavy atom. The molecule has 1 heterocycles. The van der Waals surface area contributed by atoms with Crippen LogP contribution in [0.15, 0.2) is 36.4 Å². The van der Waals surface area contributed by atoms with Crippen molar-refractivity contribution in [3.05, 3.63) is 57.3 Å². The van der Waals surface area contributed by atoms with Gasteiger partial charge in [-0.25, -0.2) is 0 Å². The highest BCUT2D eigenvalue weighted by molar-refractivity contribution is 7.13. The first-order chi connectivity index (χ1) is 7.29. The van der Waals surface area contributed by atoms with Crippen LogP contribution in [0.4, 0.5) is 0 Å². The van der Waals surface area contributed by atoms with E-state index in [-0.39, 0.29) is 0 Å². The fraction of sp³-hybridized carbons (Fsp3) is 0.154. The van der Waals surface area contributed by atoms with Gasteiger partial charge in [0.1, 0.15) is 0 Å². The lowest BCUT2D eigenvalue weighted by Crippen LogP contribution is -1.82. The van der Waals surface area contributed by atoms with Gasteiger partial charge < -0.3 is 0 Å². The predicted octanol–water partition coefficient (Wildman–Crippen LogP) is 3.46. The molecule has 15 heavy (non-hydrogen) atoms. The van der Waals surface area contributed by atoms with E-state index in [9.17, 15) is 4.79 Å². The molecule has 76 valence electrons. The lowest BCUT2D eigenvalue weighted by atomic mass is 10.1. The molecule has 0 atom stereocenters. The second-order valence-electron chi connectivity index (χ2n) is 3.54. The van der Waals surface area contributed by atoms with E-state index in [0.29, 0.717) is 0 Å². The minimum Gasteiger partial charge on any atom is -0.297 e. The minimum absolute atomic E-state index is 0.848. The molecular formula is C13H12OS. The summed E-state index contributed by atoms with van der Waals surface area (Å²) in [7, 11) is 0. The largest absolute Gasteiger partial charge is 0.297 e. The molecule has 0 saturated carbocycles. The van der Waals surface area contributed by atoms with Crippen molar-refractivity contribution in [2.75, 3.05) is 0 Å². The first kappa shape index (κ1) is 10.1. The van der Waals surface area contributed by atoms with Gasteiger partial charge in [0.25, 0.3) is 0 Å². The van der Waals surface area contributed by atoms with E-state index in [0.717, 1.165) is 23.1 Å². The Morgan fingerprint density at radius 3 is 2.60 bits per heavy atom. The summed E-state index contributed by atoms with van der Waals surface area (Å²) in [5.74, 6) is 0. The number of benzene rings is 1. The third kappa shape index (κ3) is 2.34. The van der Waals surface area contributed by atoms with Crippen LogP contribution >= 0.6 is 11.3 Å². The summed E-state index contributed by atoms with van der Waals surface area (Å²) in [4.78, 5) is 12.8. The quantitative estimate of drug-likeness (QED) is 0.718. The third-order valence-electron chi connectivity index (χ3n) is 2.34. The van der Waals surface area contributed by atoms with E-state index < -0.39 is 0 Å². The average molecular weight is 216 g/mol. The van der Waals surface area contributed by atoms with Gasteiger partial charge >= 0.3 is 0 Å². The van der Waals surface area contributed by atoms with Crippen LogP contribution in [-0.4, -0.2) is 6.29 Å². The number of carbonyl (C=O) groups is 1. The monoisotopic (exact) mass is 216 g/mol. The van der Waals surface area contributed by atoms with Crippen molar-refractivity contribution >= 4 is 17.6 Å². The molecule has 0 unspecified atom stereocenters. The number of rotatable bonds is 3. The Kier molecular flexibility index (Phi) is 2.97. The Hall–Kier alpha value is -1.41. The van der Waals surface area contributed by atoms with Crippen molar-refractivity contribution in [1.82, 2.24) is 0 Å². The van der Waals surface area contributed by atoms with Crippen LogP contribution < -0.4 is 0 Å². The zero-order valence-electron chi connectivity index (χ0n) is 8.57. The number of hydrogen-bond donors (Lipinski definition) is 0. The smallest absolute Gasteiger partial charge is 0.160 e. The van der Waals surface area contributed by atoms with Gasteiger partial charge in [0.2, 0.25) is 0 Å². The molecule has 2 aromatic rings. The molecule has 0 N–H and O–H groups in total. The van der Waals surface area contributed by atoms with Crippen LogP contribution in [0.2, 0.25) is 0 Å². The van der Waals surface area contributed by atoms with Gasteiger partial charge in [-0.15, -0.1) is 11.3 Å². The van der Waals surface area contributed by atoms with Gasteiger partial charge in [0.05, 0.1) is 4.88 Å². The second-order valence-corrected chi connectivity index (χ2v) is 4.71. The number of aryl methyl sites for hydroxylation is 1. The topological polar surface area (TPSA) is 17.1 Å². The van der Waals surface area contributed by atoms with E-state index in [2.05, 4.69) is 18.2 Å². The number of thiophene rings is 1. The highest BCUT2D eigenvalue weighted by atomic mass is 32.1. The maximum Gasteiger partial charge on any atom is 0.160 e. The molecule has 2 rings (SSSR count). The fourth-order valence-electron chi connectivity index (χ4n) is 1.56. The standard InChI is InChI=1S/C13H12OS/c1-10-7-12(15-13(10)9-14)8-11-5-3-2-4-6-11/h2-7,9H,8H2,1H3. The average Bonchev–Trinajstić information content (AvgIpc) is 2.60. The van der Waals surface area contributed by atoms with E-state index >= 15 is 0 Å². The molecule has 0 aliphatic carbocycles. The molecule has 1 aromatic heterocycles. The summed E-state index contributed by atoms with van der Waals surface area (Å²) in [5, 5.41) is 0. The summed E-state index contributed by atoms with van der Waals surface area (Å²) < 4.78 is 0. The van der Waals surface area contributed by atoms with Gasteiger partial charge in [0, 0.05) is 11.3 Å². The van der Waals surface area contributed by atoms with Gasteiger partial charge in [-0.3, -0.25) is 4.79 Å². The summed E-state index contributed by atoms with van der Waals surface area (Å²) in [6.45, 7) is 1.98. The van der Waals surface area contributed by atoms with E-state index in [1.165, 1.54) is 10.4 Å². The Morgan fingerprint density at radius 2 is 2.00 bits per heavy atom. The maximum atomic E-state index is 10.7. The lowest BCUT2D eigenvalue weighted by molar-refractivity contribution is 0.112. The van der Waals surface area contributed by atoms with Crippen LogP contribution in [-0.2, 0) is 6.42 Å². The minimum atomic E-state index is 0.848. The van der Waals surface area contributed by atoms with Crippen molar-refractivity contribution < 1.29 is 4.79 Å². The number of aldehydes is 1. The molecule has 0 spiro atoms. The molecule has 0 bridgehead atoms. The van der Waals surface area contributed by atoms with Crippen molar-refractivity contribution in [3.8, 4) is 0 Å². The molecule has 0 radical (unpaired) electrons. The van der Waals surface area contributed by atoms with Crippen LogP contribution in [0.5, 0.6) is 0 Å². The molecule has 0 saturated heterocycles. The van der Waals surface area contributed by atoms with Crippen LogP contribution in [0.1, 0.15) is 25.7 Å². The molecule has 1 nitrogen and oxygen atoms in total. The highest BCUT2D eigenvalue weighted by Gasteiger charge is 2.04. The highest BCUT2D eigenvalue weighted by Crippen LogP contribution is 2.22. The normalized spacial score (nSPS) is 10.2. The molecule has 0 amide bonds. The van der Waals surface area contributed by atoms with Crippen molar-refractivity contribution in [2.45, 2.75) is 13.3 Å². The zero-order chi connectivity index (χ0) is 10.7. The Bertz CT molecular complexity index is 457. The van der Waals surface area contributed by atoms with E-state index in [1.807, 2.05) is 25.1 Å². The summed E-state index contributed by atoms with van der Waals surface area (Å²) in [6.07, 6.45) is 1.86. The molecular weight excluding hydrogens is 204 g/mol. The molecule has 0 aliphatic rings. The number of hydrogen-bond acceptors (Lipinski definition) is 2. The first-order valence-corrected chi connectivity index (χ1v) is 5.69. The predicted molar refractivity (Wildman–Crippen MR) is 63.7 cm³/mol. The summed E-state index contributed by atoms with van der Waals surface area (Å²) in [6, 6.07) is 12.4. The van der Waals surface area contributed by atoms with Crippen LogP contribution in [0, 0.1) is 6.92 Å². The summed E-state index contributed by atoms with van der Waals surface area (Å²) in [5.41, 5.74) is 2.37. The molecule has 0 aliphatic heterocycles. The third-order valence-corrected chi connectivity index (χ3v) is 3.50. The maximum absolute atomic E-state index is 10.7. The lowest BCUT2D eigenvalue weighted by Gasteiger charge is -1.96. The van der Waals surface area contributed by atoms with Gasteiger partial charge in [-0.1, -0.05) is 30.3 Å². The summed E-state index contributed by atoms with van der Waals surface area (Å²) >= 11 is 1.59. The van der Waals surface area contributed by atoms with Crippen LogP contribution in [0.25, 0.3) is 0 Å². The van der Waals surface area contributed by atoms with Gasteiger partial charge in [-0.2, -0.15) is 0 Å². The van der Waals surface area contributed by atoms with Gasteiger partial charge in [-0.05, 0) is 24.1 Å². The Balaban J connectivity index is 2.21. The zero-order valence-corrected chi connectivity index (χ0v) is 9.38.